The first-order valence-electron chi connectivity index (χ1n) is 8.33. The van der Waals surface area contributed by atoms with Crippen molar-refractivity contribution in [2.75, 3.05) is 39.2 Å². The van der Waals surface area contributed by atoms with Crippen LogP contribution in [0.15, 0.2) is 42.6 Å². The van der Waals surface area contributed by atoms with Crippen LogP contribution in [0.1, 0.15) is 22.3 Å². The van der Waals surface area contributed by atoms with Crippen molar-refractivity contribution in [3.8, 4) is 5.75 Å². The minimum absolute atomic E-state index is 0.100. The number of carbonyl (C=O) groups excluding carboxylic acids is 1. The molecular formula is C19H25N3O3. The molecule has 25 heavy (non-hydrogen) atoms. The number of carbonyl (C=O) groups is 1. The Bertz CT molecular complexity index is 659. The van der Waals surface area contributed by atoms with Gasteiger partial charge >= 0.3 is 0 Å². The monoisotopic (exact) mass is 343 g/mol. The molecule has 0 aliphatic heterocycles. The van der Waals surface area contributed by atoms with E-state index in [1.54, 1.807) is 32.5 Å². The first kappa shape index (κ1) is 18.7. The van der Waals surface area contributed by atoms with Crippen molar-refractivity contribution in [3.63, 3.8) is 0 Å². The molecule has 0 saturated carbocycles. The van der Waals surface area contributed by atoms with Crippen molar-refractivity contribution >= 4 is 11.7 Å². The first-order valence-corrected chi connectivity index (χ1v) is 8.33. The highest BCUT2D eigenvalue weighted by atomic mass is 16.5. The van der Waals surface area contributed by atoms with Gasteiger partial charge in [0.05, 0.1) is 7.11 Å². The number of aromatic nitrogens is 1. The largest absolute Gasteiger partial charge is 0.497 e. The molecule has 2 rings (SSSR count). The Hall–Kier alpha value is -2.60. The number of hydrogen-bond acceptors (Lipinski definition) is 5. The summed E-state index contributed by atoms with van der Waals surface area (Å²) in [4.78, 5) is 16.4. The van der Waals surface area contributed by atoms with Crippen molar-refractivity contribution in [3.05, 3.63) is 53.7 Å². The Morgan fingerprint density at radius 2 is 1.92 bits per heavy atom. The van der Waals surface area contributed by atoms with Gasteiger partial charge < -0.3 is 20.1 Å². The summed E-state index contributed by atoms with van der Waals surface area (Å²) in [7, 11) is 3.30. The van der Waals surface area contributed by atoms with Crippen LogP contribution >= 0.6 is 0 Å². The van der Waals surface area contributed by atoms with Gasteiger partial charge in [0, 0.05) is 38.6 Å². The predicted molar refractivity (Wildman–Crippen MR) is 98.3 cm³/mol. The summed E-state index contributed by atoms with van der Waals surface area (Å²) >= 11 is 0. The summed E-state index contributed by atoms with van der Waals surface area (Å²) in [6.07, 6.45) is 3.29. The molecule has 1 heterocycles. The molecule has 0 unspecified atom stereocenters. The van der Waals surface area contributed by atoms with Crippen LogP contribution in [0.5, 0.6) is 5.75 Å². The lowest BCUT2D eigenvalue weighted by molar-refractivity contribution is 0.0948. The molecule has 0 spiro atoms. The summed E-state index contributed by atoms with van der Waals surface area (Å²) in [5.41, 5.74) is 1.81. The van der Waals surface area contributed by atoms with Crippen LogP contribution in [0.2, 0.25) is 0 Å². The van der Waals surface area contributed by atoms with Gasteiger partial charge in [-0.05, 0) is 42.7 Å². The zero-order chi connectivity index (χ0) is 17.9. The quantitative estimate of drug-likeness (QED) is 0.649. The Morgan fingerprint density at radius 3 is 2.64 bits per heavy atom. The van der Waals surface area contributed by atoms with E-state index in [2.05, 4.69) is 15.6 Å². The molecule has 0 saturated heterocycles. The molecule has 134 valence electrons. The second-order valence-electron chi connectivity index (χ2n) is 5.56. The molecule has 6 heteroatoms. The molecule has 0 aliphatic rings. The third kappa shape index (κ3) is 6.43. The molecule has 1 aromatic carbocycles. The maximum atomic E-state index is 12.1. The molecule has 0 fully saturated rings. The van der Waals surface area contributed by atoms with Gasteiger partial charge in [-0.15, -0.1) is 0 Å². The Balaban J connectivity index is 1.80. The lowest BCUT2D eigenvalue weighted by Gasteiger charge is -2.09. The molecule has 1 amide bonds. The molecule has 0 atom stereocenters. The molecule has 0 aliphatic carbocycles. The minimum Gasteiger partial charge on any atom is -0.497 e. The minimum atomic E-state index is -0.100. The van der Waals surface area contributed by atoms with Gasteiger partial charge in [0.1, 0.15) is 11.6 Å². The summed E-state index contributed by atoms with van der Waals surface area (Å²) < 4.78 is 10.1. The summed E-state index contributed by atoms with van der Waals surface area (Å²) in [5.74, 6) is 1.44. The highest BCUT2D eigenvalue weighted by molar-refractivity contribution is 5.94. The van der Waals surface area contributed by atoms with Gasteiger partial charge in [-0.3, -0.25) is 4.79 Å². The third-order valence-corrected chi connectivity index (χ3v) is 3.71. The summed E-state index contributed by atoms with van der Waals surface area (Å²) in [6, 6.07) is 11.4. The molecule has 1 aromatic heterocycles. The topological polar surface area (TPSA) is 72.5 Å². The molecule has 6 nitrogen and oxygen atoms in total. The smallest absolute Gasteiger partial charge is 0.251 e. The van der Waals surface area contributed by atoms with Crippen molar-refractivity contribution in [2.24, 2.45) is 0 Å². The standard InChI is InChI=1S/C19H25N3O3/c1-24-13-3-10-22-19(23)16-9-12-21-18(14-16)20-11-8-15-4-6-17(25-2)7-5-15/h4-7,9,12,14H,3,8,10-11,13H2,1-2H3,(H,20,21)(H,22,23). The van der Waals surface area contributed by atoms with Crippen LogP contribution in [0, 0.1) is 0 Å². The van der Waals surface area contributed by atoms with Crippen molar-refractivity contribution in [1.82, 2.24) is 10.3 Å². The number of nitrogens with zero attached hydrogens (tertiary/aromatic N) is 1. The SMILES string of the molecule is COCCCNC(=O)c1ccnc(NCCc2ccc(OC)cc2)c1. The van der Waals surface area contributed by atoms with Gasteiger partial charge in [-0.2, -0.15) is 0 Å². The van der Waals surface area contributed by atoms with E-state index < -0.39 is 0 Å². The molecule has 0 radical (unpaired) electrons. The zero-order valence-corrected chi connectivity index (χ0v) is 14.7. The van der Waals surface area contributed by atoms with Crippen LogP contribution in [-0.2, 0) is 11.2 Å². The number of pyridine rings is 1. The number of nitrogens with one attached hydrogen (secondary N) is 2. The second-order valence-corrected chi connectivity index (χ2v) is 5.56. The van der Waals surface area contributed by atoms with Crippen LogP contribution < -0.4 is 15.4 Å². The van der Waals surface area contributed by atoms with Crippen LogP contribution in [0.3, 0.4) is 0 Å². The lowest BCUT2D eigenvalue weighted by atomic mass is 10.1. The van der Waals surface area contributed by atoms with E-state index in [1.807, 2.05) is 24.3 Å². The van der Waals surface area contributed by atoms with Crippen LogP contribution in [0.25, 0.3) is 0 Å². The van der Waals surface area contributed by atoms with E-state index in [4.69, 9.17) is 9.47 Å². The van der Waals surface area contributed by atoms with E-state index in [9.17, 15) is 4.79 Å². The Labute approximate surface area is 148 Å². The van der Waals surface area contributed by atoms with Gasteiger partial charge in [0.25, 0.3) is 5.91 Å². The fraction of sp³-hybridized carbons (Fsp3) is 0.368. The lowest BCUT2D eigenvalue weighted by Crippen LogP contribution is -2.25. The van der Waals surface area contributed by atoms with Gasteiger partial charge in [-0.25, -0.2) is 4.98 Å². The molecular weight excluding hydrogens is 318 g/mol. The zero-order valence-electron chi connectivity index (χ0n) is 14.7. The first-order chi connectivity index (χ1) is 12.2. The van der Waals surface area contributed by atoms with Crippen molar-refractivity contribution < 1.29 is 14.3 Å². The second kappa shape index (κ2) is 10.3. The number of anilines is 1. The predicted octanol–water partition coefficient (Wildman–Crippen LogP) is 2.51. The normalized spacial score (nSPS) is 10.3. The maximum absolute atomic E-state index is 12.1. The van der Waals surface area contributed by atoms with Crippen molar-refractivity contribution in [1.29, 1.82) is 0 Å². The van der Waals surface area contributed by atoms with E-state index >= 15 is 0 Å². The Morgan fingerprint density at radius 1 is 1.12 bits per heavy atom. The maximum Gasteiger partial charge on any atom is 0.251 e. The number of hydrogen-bond donors (Lipinski definition) is 2. The van der Waals surface area contributed by atoms with E-state index in [1.165, 1.54) is 5.56 Å². The molecule has 2 aromatic rings. The molecule has 0 bridgehead atoms. The van der Waals surface area contributed by atoms with E-state index in [0.29, 0.717) is 24.5 Å². The number of benzene rings is 1. The average Bonchev–Trinajstić information content (AvgIpc) is 2.66. The van der Waals surface area contributed by atoms with Crippen LogP contribution in [0.4, 0.5) is 5.82 Å². The third-order valence-electron chi connectivity index (χ3n) is 3.71. The van der Waals surface area contributed by atoms with Crippen molar-refractivity contribution in [2.45, 2.75) is 12.8 Å². The highest BCUT2D eigenvalue weighted by Gasteiger charge is 2.06. The van der Waals surface area contributed by atoms with Gasteiger partial charge in [0.15, 0.2) is 0 Å². The van der Waals surface area contributed by atoms with E-state index in [-0.39, 0.29) is 5.91 Å². The fourth-order valence-corrected chi connectivity index (χ4v) is 2.32. The summed E-state index contributed by atoms with van der Waals surface area (Å²) in [6.45, 7) is 1.96. The fourth-order valence-electron chi connectivity index (χ4n) is 2.32. The number of methoxy groups -OCH3 is 2. The summed E-state index contributed by atoms with van der Waals surface area (Å²) in [5, 5.41) is 6.12. The average molecular weight is 343 g/mol. The van der Waals surface area contributed by atoms with Gasteiger partial charge in [-0.1, -0.05) is 12.1 Å². The number of amides is 1. The van der Waals surface area contributed by atoms with Gasteiger partial charge in [0.2, 0.25) is 0 Å². The molecule has 2 N–H and O–H groups in total. The van der Waals surface area contributed by atoms with Crippen LogP contribution in [-0.4, -0.2) is 44.8 Å². The number of rotatable bonds is 10. The number of ether oxygens (including phenoxy) is 2. The van der Waals surface area contributed by atoms with E-state index in [0.717, 1.165) is 25.1 Å². The Kier molecular flexibility index (Phi) is 7.72. The highest BCUT2D eigenvalue weighted by Crippen LogP contribution is 2.12.